The molecule has 2 rings (SSSR count). The van der Waals surface area contributed by atoms with Gasteiger partial charge in [-0.1, -0.05) is 13.3 Å². The maximum Gasteiger partial charge on any atom is 0.160 e. The predicted octanol–water partition coefficient (Wildman–Crippen LogP) is 3.38. The van der Waals surface area contributed by atoms with Gasteiger partial charge in [0.25, 0.3) is 0 Å². The summed E-state index contributed by atoms with van der Waals surface area (Å²) in [5, 5.41) is 0. The molecule has 0 aromatic carbocycles. The standard InChI is InChI=1S/C14H20ClN3O/c1-2-3-9-19-10-5-8-18-13(11-15)17-12-6-4-7-16-14(12)18/h4,6-7H,2-3,5,8-11H2,1H3. The third kappa shape index (κ3) is 3.67. The molecule has 104 valence electrons. The first-order valence-corrected chi connectivity index (χ1v) is 7.34. The van der Waals surface area contributed by atoms with Gasteiger partial charge < -0.3 is 9.30 Å². The highest BCUT2D eigenvalue weighted by Crippen LogP contribution is 2.15. The van der Waals surface area contributed by atoms with Gasteiger partial charge in [0.1, 0.15) is 11.3 Å². The highest BCUT2D eigenvalue weighted by atomic mass is 35.5. The Morgan fingerprint density at radius 1 is 1.32 bits per heavy atom. The predicted molar refractivity (Wildman–Crippen MR) is 77.4 cm³/mol. The second-order valence-corrected chi connectivity index (χ2v) is 4.75. The van der Waals surface area contributed by atoms with E-state index in [4.69, 9.17) is 16.3 Å². The summed E-state index contributed by atoms with van der Waals surface area (Å²) in [7, 11) is 0. The van der Waals surface area contributed by atoms with E-state index in [0.717, 1.165) is 49.6 Å². The molecule has 19 heavy (non-hydrogen) atoms. The van der Waals surface area contributed by atoms with Gasteiger partial charge in [0.2, 0.25) is 0 Å². The van der Waals surface area contributed by atoms with Gasteiger partial charge in [-0.25, -0.2) is 9.97 Å². The maximum absolute atomic E-state index is 5.94. The lowest BCUT2D eigenvalue weighted by molar-refractivity contribution is 0.126. The monoisotopic (exact) mass is 281 g/mol. The molecule has 0 spiro atoms. The number of hydrogen-bond acceptors (Lipinski definition) is 3. The largest absolute Gasteiger partial charge is 0.381 e. The Balaban J connectivity index is 1.95. The third-order valence-corrected chi connectivity index (χ3v) is 3.25. The Labute approximate surface area is 118 Å². The van der Waals surface area contributed by atoms with Crippen molar-refractivity contribution in [2.24, 2.45) is 0 Å². The molecule has 4 nitrogen and oxygen atoms in total. The van der Waals surface area contributed by atoms with Gasteiger partial charge in [0.15, 0.2) is 5.65 Å². The van der Waals surface area contributed by atoms with E-state index in [-0.39, 0.29) is 0 Å². The molecule has 0 amide bonds. The minimum absolute atomic E-state index is 0.410. The molecule has 0 aliphatic heterocycles. The molecule has 5 heteroatoms. The molecule has 0 saturated carbocycles. The van der Waals surface area contributed by atoms with Gasteiger partial charge in [-0.15, -0.1) is 11.6 Å². The average molecular weight is 282 g/mol. The third-order valence-electron chi connectivity index (χ3n) is 3.01. The molecule has 0 fully saturated rings. The molecule has 2 aromatic rings. The van der Waals surface area contributed by atoms with Gasteiger partial charge in [-0.2, -0.15) is 0 Å². The van der Waals surface area contributed by atoms with Gasteiger partial charge >= 0.3 is 0 Å². The molecule has 2 aromatic heterocycles. The molecule has 0 bridgehead atoms. The fraction of sp³-hybridized carbons (Fsp3) is 0.571. The number of unbranched alkanes of at least 4 members (excludes halogenated alkanes) is 1. The summed E-state index contributed by atoms with van der Waals surface area (Å²) in [6.45, 7) is 4.64. The van der Waals surface area contributed by atoms with Crippen LogP contribution in [0.15, 0.2) is 18.3 Å². The van der Waals surface area contributed by atoms with Crippen molar-refractivity contribution in [3.8, 4) is 0 Å². The molecular formula is C14H20ClN3O. The number of aryl methyl sites for hydroxylation is 1. The molecular weight excluding hydrogens is 262 g/mol. The highest BCUT2D eigenvalue weighted by molar-refractivity contribution is 6.16. The summed E-state index contributed by atoms with van der Waals surface area (Å²) < 4.78 is 7.66. The van der Waals surface area contributed by atoms with E-state index in [2.05, 4.69) is 21.5 Å². The zero-order chi connectivity index (χ0) is 13.5. The van der Waals surface area contributed by atoms with Crippen LogP contribution >= 0.6 is 11.6 Å². The Morgan fingerprint density at radius 3 is 2.95 bits per heavy atom. The van der Waals surface area contributed by atoms with Gasteiger partial charge in [0.05, 0.1) is 5.88 Å². The van der Waals surface area contributed by atoms with Gasteiger partial charge in [0, 0.05) is 26.0 Å². The van der Waals surface area contributed by atoms with Gasteiger partial charge in [-0.3, -0.25) is 0 Å². The molecule has 0 aliphatic carbocycles. The number of rotatable bonds is 8. The second kappa shape index (κ2) is 7.46. The van der Waals surface area contributed by atoms with Crippen LogP contribution in [0.2, 0.25) is 0 Å². The molecule has 0 unspecified atom stereocenters. The summed E-state index contributed by atoms with van der Waals surface area (Å²) >= 11 is 5.94. The normalized spacial score (nSPS) is 11.3. The van der Waals surface area contributed by atoms with E-state index in [1.807, 2.05) is 12.1 Å². The van der Waals surface area contributed by atoms with Crippen molar-refractivity contribution in [2.75, 3.05) is 13.2 Å². The first-order valence-electron chi connectivity index (χ1n) is 6.80. The van der Waals surface area contributed by atoms with Crippen LogP contribution in [0.5, 0.6) is 0 Å². The van der Waals surface area contributed by atoms with Crippen LogP contribution < -0.4 is 0 Å². The number of imidazole rings is 1. The second-order valence-electron chi connectivity index (χ2n) is 4.48. The molecule has 0 saturated heterocycles. The smallest absolute Gasteiger partial charge is 0.160 e. The minimum atomic E-state index is 0.410. The summed E-state index contributed by atoms with van der Waals surface area (Å²) in [4.78, 5) is 8.87. The van der Waals surface area contributed by atoms with Crippen LogP contribution in [0.25, 0.3) is 11.2 Å². The zero-order valence-electron chi connectivity index (χ0n) is 11.3. The van der Waals surface area contributed by atoms with Gasteiger partial charge in [-0.05, 0) is 25.0 Å². The Kier molecular flexibility index (Phi) is 5.61. The van der Waals surface area contributed by atoms with Crippen molar-refractivity contribution < 1.29 is 4.74 Å². The number of halogens is 1. The van der Waals surface area contributed by atoms with Crippen LogP contribution in [-0.2, 0) is 17.2 Å². The van der Waals surface area contributed by atoms with Crippen LogP contribution in [-0.4, -0.2) is 27.7 Å². The van der Waals surface area contributed by atoms with E-state index >= 15 is 0 Å². The number of nitrogens with zero attached hydrogens (tertiary/aromatic N) is 3. The molecule has 0 radical (unpaired) electrons. The Hall–Kier alpha value is -1.13. The van der Waals surface area contributed by atoms with E-state index < -0.39 is 0 Å². The van der Waals surface area contributed by atoms with Crippen molar-refractivity contribution in [1.82, 2.24) is 14.5 Å². The van der Waals surface area contributed by atoms with Crippen molar-refractivity contribution in [3.05, 3.63) is 24.2 Å². The van der Waals surface area contributed by atoms with Crippen molar-refractivity contribution in [2.45, 2.75) is 38.6 Å². The fourth-order valence-corrected chi connectivity index (χ4v) is 2.22. The summed E-state index contributed by atoms with van der Waals surface area (Å²) in [6.07, 6.45) is 5.04. The maximum atomic E-state index is 5.94. The molecule has 0 aliphatic rings. The van der Waals surface area contributed by atoms with Crippen LogP contribution in [0.1, 0.15) is 32.0 Å². The number of alkyl halides is 1. The van der Waals surface area contributed by atoms with Crippen LogP contribution in [0.3, 0.4) is 0 Å². The van der Waals surface area contributed by atoms with Crippen LogP contribution in [0, 0.1) is 0 Å². The summed E-state index contributed by atoms with van der Waals surface area (Å²) in [5.74, 6) is 1.29. The first kappa shape index (κ1) is 14.3. The number of pyridine rings is 1. The number of fused-ring (bicyclic) bond motifs is 1. The summed E-state index contributed by atoms with van der Waals surface area (Å²) in [6, 6.07) is 3.86. The number of aromatic nitrogens is 3. The van der Waals surface area contributed by atoms with Crippen molar-refractivity contribution in [3.63, 3.8) is 0 Å². The van der Waals surface area contributed by atoms with E-state index in [0.29, 0.717) is 5.88 Å². The highest BCUT2D eigenvalue weighted by Gasteiger charge is 2.09. The van der Waals surface area contributed by atoms with Crippen molar-refractivity contribution >= 4 is 22.8 Å². The van der Waals surface area contributed by atoms with E-state index in [1.54, 1.807) is 6.20 Å². The molecule has 0 N–H and O–H groups in total. The Morgan fingerprint density at radius 2 is 2.16 bits per heavy atom. The molecule has 2 heterocycles. The van der Waals surface area contributed by atoms with E-state index in [9.17, 15) is 0 Å². The SMILES string of the molecule is CCCCOCCCn1c(CCl)nc2cccnc21. The Bertz CT molecular complexity index is 512. The first-order chi connectivity index (χ1) is 9.36. The average Bonchev–Trinajstić information content (AvgIpc) is 2.81. The zero-order valence-corrected chi connectivity index (χ0v) is 12.1. The quantitative estimate of drug-likeness (QED) is 0.550. The van der Waals surface area contributed by atoms with Crippen molar-refractivity contribution in [1.29, 1.82) is 0 Å². The lowest BCUT2D eigenvalue weighted by Gasteiger charge is -2.07. The molecule has 0 atom stereocenters. The minimum Gasteiger partial charge on any atom is -0.381 e. The fourth-order valence-electron chi connectivity index (χ4n) is 2.02. The summed E-state index contributed by atoms with van der Waals surface area (Å²) in [5.41, 5.74) is 1.82. The topological polar surface area (TPSA) is 39.9 Å². The lowest BCUT2D eigenvalue weighted by Crippen LogP contribution is -2.07. The van der Waals surface area contributed by atoms with E-state index in [1.165, 1.54) is 6.42 Å². The lowest BCUT2D eigenvalue weighted by atomic mass is 10.3. The number of hydrogen-bond donors (Lipinski definition) is 0. The van der Waals surface area contributed by atoms with Crippen LogP contribution in [0.4, 0.5) is 0 Å². The number of ether oxygens (including phenoxy) is 1.